The van der Waals surface area contributed by atoms with Crippen LogP contribution in [0.1, 0.15) is 39.9 Å². The average molecular weight is 470 g/mol. The number of ether oxygens (including phenoxy) is 1. The minimum atomic E-state index is 0.0134. The molecule has 0 spiro atoms. The highest BCUT2D eigenvalue weighted by atomic mass is 35.5. The van der Waals surface area contributed by atoms with Gasteiger partial charge in [0.25, 0.3) is 5.91 Å². The van der Waals surface area contributed by atoms with Crippen LogP contribution in [0.15, 0.2) is 30.3 Å². The average Bonchev–Trinajstić information content (AvgIpc) is 3.28. The molecule has 1 aromatic heterocycles. The van der Waals surface area contributed by atoms with Crippen LogP contribution in [0.2, 0.25) is 5.02 Å². The molecule has 2 aromatic carbocycles. The van der Waals surface area contributed by atoms with Gasteiger partial charge in [0.15, 0.2) is 5.13 Å². The Bertz CT molecular complexity index is 1100. The molecule has 1 amide bonds. The van der Waals surface area contributed by atoms with Gasteiger partial charge in [-0.1, -0.05) is 35.1 Å². The number of thiazole rings is 1. The summed E-state index contributed by atoms with van der Waals surface area (Å²) in [5.74, 6) is 0.0134. The monoisotopic (exact) mass is 469 g/mol. The van der Waals surface area contributed by atoms with Crippen LogP contribution < -0.4 is 4.90 Å². The van der Waals surface area contributed by atoms with Gasteiger partial charge in [0.1, 0.15) is 0 Å². The molecule has 5 rings (SSSR count). The summed E-state index contributed by atoms with van der Waals surface area (Å²) in [5, 5.41) is 1.40. The fourth-order valence-corrected chi connectivity index (χ4v) is 5.92. The molecule has 2 aliphatic rings. The van der Waals surface area contributed by atoms with Crippen LogP contribution in [-0.4, -0.2) is 55.2 Å². The molecule has 0 saturated carbocycles. The van der Waals surface area contributed by atoms with Crippen LogP contribution in [0.25, 0.3) is 10.2 Å². The lowest BCUT2D eigenvalue weighted by Gasteiger charge is -2.29. The second-order valence-electron chi connectivity index (χ2n) is 8.64. The number of hydrogen-bond donors (Lipinski definition) is 0. The van der Waals surface area contributed by atoms with Crippen molar-refractivity contribution in [1.29, 1.82) is 0 Å². The molecule has 0 radical (unpaired) electrons. The standard InChI is InChI=1S/C25H28ClN3O2S/c1-17-6-9-21(26)23-22(17)27-25(32-23)29(11-10-28-12-14-31-15-13-28)24(30)20-8-7-18-4-2-3-5-19(18)16-20/h6-9,16H,2-5,10-15H2,1H3. The molecule has 168 valence electrons. The number of aromatic nitrogens is 1. The van der Waals surface area contributed by atoms with Crippen molar-refractivity contribution in [2.75, 3.05) is 44.3 Å². The van der Waals surface area contributed by atoms with Crippen molar-refractivity contribution in [2.24, 2.45) is 0 Å². The second-order valence-corrected chi connectivity index (χ2v) is 10.0. The topological polar surface area (TPSA) is 45.7 Å². The van der Waals surface area contributed by atoms with Crippen LogP contribution >= 0.6 is 22.9 Å². The largest absolute Gasteiger partial charge is 0.379 e. The van der Waals surface area contributed by atoms with E-state index in [1.54, 1.807) is 0 Å². The molecule has 3 aromatic rings. The summed E-state index contributed by atoms with van der Waals surface area (Å²) >= 11 is 7.97. The van der Waals surface area contributed by atoms with Crippen LogP contribution in [-0.2, 0) is 17.6 Å². The Kier molecular flexibility index (Phi) is 6.47. The minimum absolute atomic E-state index is 0.0134. The minimum Gasteiger partial charge on any atom is -0.379 e. The highest BCUT2D eigenvalue weighted by Gasteiger charge is 2.25. The van der Waals surface area contributed by atoms with Crippen LogP contribution in [0.4, 0.5) is 5.13 Å². The van der Waals surface area contributed by atoms with Gasteiger partial charge in [-0.15, -0.1) is 0 Å². The van der Waals surface area contributed by atoms with Gasteiger partial charge in [0.05, 0.1) is 28.5 Å². The lowest BCUT2D eigenvalue weighted by molar-refractivity contribution is 0.0391. The van der Waals surface area contributed by atoms with Gasteiger partial charge >= 0.3 is 0 Å². The highest BCUT2D eigenvalue weighted by Crippen LogP contribution is 2.36. The van der Waals surface area contributed by atoms with Gasteiger partial charge in [-0.05, 0) is 67.5 Å². The van der Waals surface area contributed by atoms with Crippen molar-refractivity contribution in [3.8, 4) is 0 Å². The number of anilines is 1. The molecular weight excluding hydrogens is 442 g/mol. The van der Waals surface area contributed by atoms with E-state index in [2.05, 4.69) is 17.0 Å². The molecular formula is C25H28ClN3O2S. The highest BCUT2D eigenvalue weighted by molar-refractivity contribution is 7.23. The number of amides is 1. The fraction of sp³-hybridized carbons (Fsp3) is 0.440. The summed E-state index contributed by atoms with van der Waals surface area (Å²) in [4.78, 5) is 22.8. The number of morpholine rings is 1. The molecule has 0 bridgehead atoms. The van der Waals surface area contributed by atoms with E-state index in [1.165, 1.54) is 35.3 Å². The maximum Gasteiger partial charge on any atom is 0.260 e. The van der Waals surface area contributed by atoms with E-state index < -0.39 is 0 Å². The third-order valence-corrected chi connectivity index (χ3v) is 8.04. The molecule has 1 saturated heterocycles. The normalized spacial score (nSPS) is 16.8. The number of carbonyl (C=O) groups is 1. The van der Waals surface area contributed by atoms with E-state index in [-0.39, 0.29) is 5.91 Å². The molecule has 1 aliphatic heterocycles. The van der Waals surface area contributed by atoms with E-state index in [4.69, 9.17) is 21.3 Å². The van der Waals surface area contributed by atoms with Crippen LogP contribution in [0.5, 0.6) is 0 Å². The molecule has 1 fully saturated rings. The first-order valence-electron chi connectivity index (χ1n) is 11.4. The smallest absolute Gasteiger partial charge is 0.260 e. The Morgan fingerprint density at radius 2 is 1.94 bits per heavy atom. The lowest BCUT2D eigenvalue weighted by atomic mass is 9.90. The number of nitrogens with zero attached hydrogens (tertiary/aromatic N) is 3. The number of carbonyl (C=O) groups excluding carboxylic acids is 1. The Morgan fingerprint density at radius 3 is 2.72 bits per heavy atom. The van der Waals surface area contributed by atoms with Crippen LogP contribution in [0.3, 0.4) is 0 Å². The molecule has 0 unspecified atom stereocenters. The Balaban J connectivity index is 1.48. The zero-order valence-corrected chi connectivity index (χ0v) is 20.0. The van der Waals surface area contributed by atoms with Gasteiger partial charge in [0.2, 0.25) is 0 Å². The number of benzene rings is 2. The number of hydrogen-bond acceptors (Lipinski definition) is 5. The van der Waals surface area contributed by atoms with Crippen molar-refractivity contribution < 1.29 is 9.53 Å². The van der Waals surface area contributed by atoms with Crippen LogP contribution in [0, 0.1) is 6.92 Å². The second kappa shape index (κ2) is 9.48. The maximum atomic E-state index is 13.8. The van der Waals surface area contributed by atoms with Crippen molar-refractivity contribution in [2.45, 2.75) is 32.6 Å². The first-order valence-corrected chi connectivity index (χ1v) is 12.6. The molecule has 7 heteroatoms. The summed E-state index contributed by atoms with van der Waals surface area (Å²) in [6, 6.07) is 10.1. The van der Waals surface area contributed by atoms with E-state index >= 15 is 0 Å². The number of halogens is 1. The number of fused-ring (bicyclic) bond motifs is 2. The van der Waals surface area contributed by atoms with Crippen molar-refractivity contribution in [3.63, 3.8) is 0 Å². The maximum absolute atomic E-state index is 13.8. The van der Waals surface area contributed by atoms with Crippen molar-refractivity contribution in [1.82, 2.24) is 9.88 Å². The van der Waals surface area contributed by atoms with E-state index in [0.717, 1.165) is 67.0 Å². The van der Waals surface area contributed by atoms with Crippen molar-refractivity contribution >= 4 is 44.2 Å². The first kappa shape index (κ1) is 21.8. The molecule has 0 atom stereocenters. The fourth-order valence-electron chi connectivity index (χ4n) is 4.58. The van der Waals surface area contributed by atoms with Crippen molar-refractivity contribution in [3.05, 3.63) is 57.6 Å². The molecule has 0 N–H and O–H groups in total. The third-order valence-electron chi connectivity index (χ3n) is 6.50. The van der Waals surface area contributed by atoms with Gasteiger partial charge in [0, 0.05) is 31.7 Å². The SMILES string of the molecule is Cc1ccc(Cl)c2sc(N(CCN3CCOCC3)C(=O)c3ccc4c(c3)CCCC4)nc12. The first-order chi connectivity index (χ1) is 15.6. The van der Waals surface area contributed by atoms with E-state index in [0.29, 0.717) is 16.7 Å². The summed E-state index contributed by atoms with van der Waals surface area (Å²) in [5.41, 5.74) is 5.40. The molecule has 32 heavy (non-hydrogen) atoms. The number of rotatable bonds is 5. The predicted molar refractivity (Wildman–Crippen MR) is 131 cm³/mol. The Morgan fingerprint density at radius 1 is 1.16 bits per heavy atom. The number of aryl methyl sites for hydroxylation is 3. The third kappa shape index (κ3) is 4.42. The Hall–Kier alpha value is -1.99. The molecule has 5 nitrogen and oxygen atoms in total. The quantitative estimate of drug-likeness (QED) is 0.520. The van der Waals surface area contributed by atoms with E-state index in [1.807, 2.05) is 30.0 Å². The zero-order valence-electron chi connectivity index (χ0n) is 18.4. The van der Waals surface area contributed by atoms with Gasteiger partial charge in [-0.3, -0.25) is 14.6 Å². The summed E-state index contributed by atoms with van der Waals surface area (Å²) in [6.45, 7) is 6.70. The summed E-state index contributed by atoms with van der Waals surface area (Å²) in [7, 11) is 0. The summed E-state index contributed by atoms with van der Waals surface area (Å²) in [6.07, 6.45) is 4.60. The molecule has 2 heterocycles. The van der Waals surface area contributed by atoms with E-state index in [9.17, 15) is 4.79 Å². The predicted octanol–water partition coefficient (Wildman–Crippen LogP) is 5.12. The van der Waals surface area contributed by atoms with Gasteiger partial charge in [-0.25, -0.2) is 4.98 Å². The summed E-state index contributed by atoms with van der Waals surface area (Å²) < 4.78 is 6.42. The van der Waals surface area contributed by atoms with Gasteiger partial charge in [-0.2, -0.15) is 0 Å². The molecule has 1 aliphatic carbocycles. The lowest BCUT2D eigenvalue weighted by Crippen LogP contribution is -2.43. The zero-order chi connectivity index (χ0) is 22.1. The Labute approximate surface area is 197 Å². The van der Waals surface area contributed by atoms with Gasteiger partial charge < -0.3 is 4.74 Å².